The largest absolute Gasteiger partial charge is 0.496 e. The van der Waals surface area contributed by atoms with Gasteiger partial charge in [-0.25, -0.2) is 0 Å². The number of amides is 1. The fourth-order valence-corrected chi connectivity index (χ4v) is 2.87. The first kappa shape index (κ1) is 13.7. The van der Waals surface area contributed by atoms with E-state index in [0.717, 1.165) is 36.6 Å². The van der Waals surface area contributed by atoms with Crippen LogP contribution in [0.5, 0.6) is 5.75 Å². The first-order valence-electron chi connectivity index (χ1n) is 7.21. The van der Waals surface area contributed by atoms with Crippen molar-refractivity contribution in [1.82, 2.24) is 4.90 Å². The summed E-state index contributed by atoms with van der Waals surface area (Å²) in [6.07, 6.45) is 3.04. The zero-order chi connectivity index (χ0) is 14.7. The van der Waals surface area contributed by atoms with E-state index in [2.05, 4.69) is 0 Å². The number of ether oxygens (including phenoxy) is 1. The Hall–Kier alpha value is -2.23. The molecule has 1 unspecified atom stereocenters. The van der Waals surface area contributed by atoms with Gasteiger partial charge in [0, 0.05) is 24.6 Å². The number of para-hydroxylation sites is 1. The van der Waals surface area contributed by atoms with Crippen LogP contribution in [0.2, 0.25) is 0 Å². The standard InChI is InChI=1S/C17H19NO3/c1-20-15-6-3-2-5-13(15)11-17(19)18-9-8-14(12-18)16-7-4-10-21-16/h2-7,10,14H,8-9,11-12H2,1H3. The Labute approximate surface area is 124 Å². The number of hydrogen-bond donors (Lipinski definition) is 0. The Morgan fingerprint density at radius 2 is 2.19 bits per heavy atom. The molecule has 4 nitrogen and oxygen atoms in total. The van der Waals surface area contributed by atoms with Gasteiger partial charge >= 0.3 is 0 Å². The Morgan fingerprint density at radius 3 is 2.95 bits per heavy atom. The smallest absolute Gasteiger partial charge is 0.227 e. The van der Waals surface area contributed by atoms with E-state index in [4.69, 9.17) is 9.15 Å². The molecule has 1 amide bonds. The van der Waals surface area contributed by atoms with Gasteiger partial charge in [-0.1, -0.05) is 18.2 Å². The van der Waals surface area contributed by atoms with Crippen molar-refractivity contribution in [2.75, 3.05) is 20.2 Å². The summed E-state index contributed by atoms with van der Waals surface area (Å²) in [5.74, 6) is 2.21. The molecule has 4 heteroatoms. The molecule has 0 bridgehead atoms. The van der Waals surface area contributed by atoms with Crippen LogP contribution in [0.3, 0.4) is 0 Å². The summed E-state index contributed by atoms with van der Waals surface area (Å²) in [4.78, 5) is 14.4. The molecule has 0 saturated carbocycles. The fourth-order valence-electron chi connectivity index (χ4n) is 2.87. The zero-order valence-electron chi connectivity index (χ0n) is 12.1. The molecular formula is C17H19NO3. The van der Waals surface area contributed by atoms with E-state index in [1.165, 1.54) is 0 Å². The van der Waals surface area contributed by atoms with Gasteiger partial charge in [-0.15, -0.1) is 0 Å². The van der Waals surface area contributed by atoms with Crippen molar-refractivity contribution >= 4 is 5.91 Å². The monoisotopic (exact) mass is 285 g/mol. The maximum absolute atomic E-state index is 12.4. The van der Waals surface area contributed by atoms with E-state index >= 15 is 0 Å². The summed E-state index contributed by atoms with van der Waals surface area (Å²) in [6, 6.07) is 11.6. The highest BCUT2D eigenvalue weighted by atomic mass is 16.5. The third-order valence-corrected chi connectivity index (χ3v) is 4.02. The lowest BCUT2D eigenvalue weighted by molar-refractivity contribution is -0.129. The van der Waals surface area contributed by atoms with Crippen LogP contribution in [-0.4, -0.2) is 31.0 Å². The lowest BCUT2D eigenvalue weighted by Gasteiger charge is -2.17. The van der Waals surface area contributed by atoms with Gasteiger partial charge in [-0.3, -0.25) is 4.79 Å². The third kappa shape index (κ3) is 2.94. The number of benzene rings is 1. The van der Waals surface area contributed by atoms with Crippen LogP contribution < -0.4 is 4.74 Å². The van der Waals surface area contributed by atoms with Gasteiger partial charge in [0.1, 0.15) is 11.5 Å². The molecule has 1 aliphatic heterocycles. The molecule has 1 atom stereocenters. The van der Waals surface area contributed by atoms with Gasteiger partial charge < -0.3 is 14.1 Å². The minimum atomic E-state index is 0.147. The van der Waals surface area contributed by atoms with Gasteiger partial charge in [0.15, 0.2) is 0 Å². The average Bonchev–Trinajstić information content (AvgIpc) is 3.18. The quantitative estimate of drug-likeness (QED) is 0.867. The zero-order valence-corrected chi connectivity index (χ0v) is 12.1. The van der Waals surface area contributed by atoms with Crippen molar-refractivity contribution in [3.63, 3.8) is 0 Å². The molecule has 1 aliphatic rings. The van der Waals surface area contributed by atoms with Crippen LogP contribution in [0, 0.1) is 0 Å². The molecule has 1 aromatic heterocycles. The molecule has 0 aliphatic carbocycles. The Bertz CT molecular complexity index is 606. The van der Waals surface area contributed by atoms with Gasteiger partial charge in [-0.05, 0) is 24.6 Å². The van der Waals surface area contributed by atoms with Crippen molar-refractivity contribution in [2.24, 2.45) is 0 Å². The highest BCUT2D eigenvalue weighted by molar-refractivity contribution is 5.79. The number of likely N-dealkylation sites (tertiary alicyclic amines) is 1. The highest BCUT2D eigenvalue weighted by Crippen LogP contribution is 2.28. The van der Waals surface area contributed by atoms with Crippen LogP contribution in [-0.2, 0) is 11.2 Å². The normalized spacial score (nSPS) is 18.0. The predicted octanol–water partition coefficient (Wildman–Crippen LogP) is 2.85. The molecule has 2 aromatic rings. The average molecular weight is 285 g/mol. The summed E-state index contributed by atoms with van der Waals surface area (Å²) >= 11 is 0. The van der Waals surface area contributed by atoms with E-state index in [1.807, 2.05) is 41.3 Å². The molecule has 3 rings (SSSR count). The topological polar surface area (TPSA) is 42.7 Å². The van der Waals surface area contributed by atoms with Crippen LogP contribution in [0.1, 0.15) is 23.7 Å². The number of rotatable bonds is 4. The molecular weight excluding hydrogens is 266 g/mol. The number of carbonyl (C=O) groups is 1. The van der Waals surface area contributed by atoms with Crippen LogP contribution in [0.4, 0.5) is 0 Å². The second kappa shape index (κ2) is 6.04. The molecule has 1 saturated heterocycles. The first-order chi connectivity index (χ1) is 10.3. The molecule has 1 fully saturated rings. The van der Waals surface area contributed by atoms with E-state index in [0.29, 0.717) is 12.3 Å². The van der Waals surface area contributed by atoms with Crippen molar-refractivity contribution in [2.45, 2.75) is 18.8 Å². The van der Waals surface area contributed by atoms with Gasteiger partial charge in [-0.2, -0.15) is 0 Å². The summed E-state index contributed by atoms with van der Waals surface area (Å²) in [5, 5.41) is 0. The van der Waals surface area contributed by atoms with Crippen molar-refractivity contribution in [1.29, 1.82) is 0 Å². The van der Waals surface area contributed by atoms with Crippen molar-refractivity contribution < 1.29 is 13.9 Å². The summed E-state index contributed by atoms with van der Waals surface area (Å²) in [6.45, 7) is 1.53. The van der Waals surface area contributed by atoms with Crippen LogP contribution in [0.15, 0.2) is 47.1 Å². The maximum Gasteiger partial charge on any atom is 0.227 e. The summed E-state index contributed by atoms with van der Waals surface area (Å²) < 4.78 is 10.7. The number of carbonyl (C=O) groups excluding carboxylic acids is 1. The van der Waals surface area contributed by atoms with Crippen molar-refractivity contribution in [3.05, 3.63) is 54.0 Å². The molecule has 0 radical (unpaired) electrons. The predicted molar refractivity (Wildman–Crippen MR) is 79.3 cm³/mol. The van der Waals surface area contributed by atoms with E-state index in [1.54, 1.807) is 13.4 Å². The minimum Gasteiger partial charge on any atom is -0.496 e. The van der Waals surface area contributed by atoms with Crippen molar-refractivity contribution in [3.8, 4) is 5.75 Å². The maximum atomic E-state index is 12.4. The molecule has 1 aromatic carbocycles. The van der Waals surface area contributed by atoms with E-state index < -0.39 is 0 Å². The minimum absolute atomic E-state index is 0.147. The molecule has 0 N–H and O–H groups in total. The summed E-state index contributed by atoms with van der Waals surface area (Å²) in [7, 11) is 1.63. The van der Waals surface area contributed by atoms with Gasteiger partial charge in [0.2, 0.25) is 5.91 Å². The lowest BCUT2D eigenvalue weighted by atomic mass is 10.1. The van der Waals surface area contributed by atoms with Crippen LogP contribution >= 0.6 is 0 Å². The Balaban J connectivity index is 1.64. The van der Waals surface area contributed by atoms with Crippen LogP contribution in [0.25, 0.3) is 0 Å². The SMILES string of the molecule is COc1ccccc1CC(=O)N1CCC(c2ccco2)C1. The van der Waals surface area contributed by atoms with Gasteiger partial charge in [0.25, 0.3) is 0 Å². The molecule has 21 heavy (non-hydrogen) atoms. The highest BCUT2D eigenvalue weighted by Gasteiger charge is 2.29. The molecule has 110 valence electrons. The molecule has 2 heterocycles. The third-order valence-electron chi connectivity index (χ3n) is 4.02. The number of methoxy groups -OCH3 is 1. The fraction of sp³-hybridized carbons (Fsp3) is 0.353. The van der Waals surface area contributed by atoms with E-state index in [9.17, 15) is 4.79 Å². The second-order valence-corrected chi connectivity index (χ2v) is 5.33. The second-order valence-electron chi connectivity index (χ2n) is 5.33. The number of hydrogen-bond acceptors (Lipinski definition) is 3. The number of nitrogens with zero attached hydrogens (tertiary/aromatic N) is 1. The molecule has 0 spiro atoms. The van der Waals surface area contributed by atoms with Gasteiger partial charge in [0.05, 0.1) is 19.8 Å². The summed E-state index contributed by atoms with van der Waals surface area (Å²) in [5.41, 5.74) is 0.937. The first-order valence-corrected chi connectivity index (χ1v) is 7.21. The number of furan rings is 1. The Kier molecular flexibility index (Phi) is 3.95. The lowest BCUT2D eigenvalue weighted by Crippen LogP contribution is -2.30. The Morgan fingerprint density at radius 1 is 1.33 bits per heavy atom. The van der Waals surface area contributed by atoms with E-state index in [-0.39, 0.29) is 5.91 Å².